The van der Waals surface area contributed by atoms with E-state index in [1.807, 2.05) is 38.1 Å². The number of alkyl halides is 3. The number of hydrogen-bond acceptors (Lipinski definition) is 4. The zero-order valence-electron chi connectivity index (χ0n) is 16.4. The highest BCUT2D eigenvalue weighted by molar-refractivity contribution is 5.79. The highest BCUT2D eigenvalue weighted by Crippen LogP contribution is 2.18. The van der Waals surface area contributed by atoms with Crippen LogP contribution in [0.25, 0.3) is 0 Å². The highest BCUT2D eigenvalue weighted by atomic mass is 19.4. The monoisotopic (exact) mass is 410 g/mol. The number of benzene rings is 1. The molecule has 9 heteroatoms. The molecule has 0 atom stereocenters. The van der Waals surface area contributed by atoms with Crippen LogP contribution in [0.15, 0.2) is 47.6 Å². The molecule has 2 N–H and O–H groups in total. The summed E-state index contributed by atoms with van der Waals surface area (Å²) >= 11 is 0. The molecule has 0 amide bonds. The number of nitrogens with zero attached hydrogens (tertiary/aromatic N) is 2. The second kappa shape index (κ2) is 11.1. The number of nitrogens with one attached hydrogen (secondary N) is 2. The number of ether oxygens (including phenoxy) is 2. The molecule has 0 aliphatic carbocycles. The van der Waals surface area contributed by atoms with E-state index in [1.54, 1.807) is 6.07 Å². The third kappa shape index (κ3) is 8.28. The standard InChI is InChI=1S/C20H25F3N4O2/c1-3-24-19(27-13-16-7-5-6-8-17(16)28-4-2)26-12-15-9-10-18(25-11-15)29-14-20(21,22)23/h5-11H,3-4,12-14H2,1-2H3,(H2,24,26,27). The molecule has 0 radical (unpaired) electrons. The Morgan fingerprint density at radius 1 is 1.07 bits per heavy atom. The molecular weight excluding hydrogens is 385 g/mol. The predicted molar refractivity (Wildman–Crippen MR) is 105 cm³/mol. The lowest BCUT2D eigenvalue weighted by Crippen LogP contribution is -2.36. The largest absolute Gasteiger partial charge is 0.494 e. The molecule has 0 bridgehead atoms. The fraction of sp³-hybridized carbons (Fsp3) is 0.400. The van der Waals surface area contributed by atoms with E-state index in [1.165, 1.54) is 12.3 Å². The Bertz CT molecular complexity index is 780. The van der Waals surface area contributed by atoms with Crippen LogP contribution >= 0.6 is 0 Å². The van der Waals surface area contributed by atoms with E-state index >= 15 is 0 Å². The van der Waals surface area contributed by atoms with Gasteiger partial charge >= 0.3 is 6.18 Å². The first-order valence-electron chi connectivity index (χ1n) is 9.28. The summed E-state index contributed by atoms with van der Waals surface area (Å²) in [5.74, 6) is 1.35. The van der Waals surface area contributed by atoms with E-state index in [9.17, 15) is 13.2 Å². The van der Waals surface area contributed by atoms with Gasteiger partial charge in [-0.15, -0.1) is 0 Å². The van der Waals surface area contributed by atoms with Crippen LogP contribution in [-0.2, 0) is 13.1 Å². The van der Waals surface area contributed by atoms with Gasteiger partial charge in [0.15, 0.2) is 12.6 Å². The topological polar surface area (TPSA) is 67.8 Å². The molecule has 158 valence electrons. The summed E-state index contributed by atoms with van der Waals surface area (Å²) in [5, 5.41) is 6.39. The average Bonchev–Trinajstić information content (AvgIpc) is 2.70. The van der Waals surface area contributed by atoms with Gasteiger partial charge in [0.25, 0.3) is 0 Å². The second-order valence-electron chi connectivity index (χ2n) is 6.00. The first-order chi connectivity index (χ1) is 13.9. The number of hydrogen-bond donors (Lipinski definition) is 2. The van der Waals surface area contributed by atoms with E-state index in [2.05, 4.69) is 25.3 Å². The Morgan fingerprint density at radius 3 is 2.52 bits per heavy atom. The quantitative estimate of drug-likeness (QED) is 0.488. The molecule has 0 aliphatic rings. The molecule has 1 aromatic carbocycles. The summed E-state index contributed by atoms with van der Waals surface area (Å²) in [6.07, 6.45) is -2.94. The van der Waals surface area contributed by atoms with Gasteiger partial charge in [-0.25, -0.2) is 9.98 Å². The third-order valence-electron chi connectivity index (χ3n) is 3.66. The Labute approximate surface area is 168 Å². The average molecular weight is 410 g/mol. The molecule has 0 saturated carbocycles. The molecule has 2 aromatic rings. The Balaban J connectivity index is 1.95. The molecule has 0 aliphatic heterocycles. The normalized spacial score (nSPS) is 11.8. The molecule has 1 heterocycles. The number of halogens is 3. The number of pyridine rings is 1. The minimum Gasteiger partial charge on any atom is -0.494 e. The van der Waals surface area contributed by atoms with Gasteiger partial charge in [-0.2, -0.15) is 13.2 Å². The van der Waals surface area contributed by atoms with Crippen LogP contribution in [0.2, 0.25) is 0 Å². The lowest BCUT2D eigenvalue weighted by Gasteiger charge is -2.14. The van der Waals surface area contributed by atoms with Crippen molar-refractivity contribution in [2.75, 3.05) is 19.8 Å². The number of para-hydroxylation sites is 1. The van der Waals surface area contributed by atoms with Gasteiger partial charge < -0.3 is 20.1 Å². The molecule has 29 heavy (non-hydrogen) atoms. The van der Waals surface area contributed by atoms with Crippen molar-refractivity contribution in [3.8, 4) is 11.6 Å². The minimum absolute atomic E-state index is 0.0763. The van der Waals surface area contributed by atoms with Gasteiger partial charge in [-0.3, -0.25) is 0 Å². The molecule has 0 unspecified atom stereocenters. The van der Waals surface area contributed by atoms with Gasteiger partial charge in [0.2, 0.25) is 5.88 Å². The van der Waals surface area contributed by atoms with Crippen LogP contribution in [0.1, 0.15) is 25.0 Å². The Morgan fingerprint density at radius 2 is 1.86 bits per heavy atom. The van der Waals surface area contributed by atoms with Crippen LogP contribution in [0.3, 0.4) is 0 Å². The van der Waals surface area contributed by atoms with Crippen molar-refractivity contribution in [2.45, 2.75) is 33.1 Å². The fourth-order valence-electron chi connectivity index (χ4n) is 2.38. The van der Waals surface area contributed by atoms with E-state index in [4.69, 9.17) is 4.74 Å². The van der Waals surface area contributed by atoms with E-state index in [0.717, 1.165) is 16.9 Å². The highest BCUT2D eigenvalue weighted by Gasteiger charge is 2.28. The van der Waals surface area contributed by atoms with Crippen molar-refractivity contribution in [2.24, 2.45) is 4.99 Å². The maximum atomic E-state index is 12.2. The van der Waals surface area contributed by atoms with Crippen LogP contribution < -0.4 is 20.1 Å². The van der Waals surface area contributed by atoms with Crippen LogP contribution in [0.4, 0.5) is 13.2 Å². The van der Waals surface area contributed by atoms with Crippen molar-refractivity contribution in [1.29, 1.82) is 0 Å². The van der Waals surface area contributed by atoms with Crippen molar-refractivity contribution in [3.05, 3.63) is 53.7 Å². The Kier molecular flexibility index (Phi) is 8.57. The molecule has 2 rings (SSSR count). The SMILES string of the molecule is CCNC(=NCc1ccc(OCC(F)(F)F)nc1)NCc1ccccc1OCC. The maximum Gasteiger partial charge on any atom is 0.422 e. The zero-order valence-corrected chi connectivity index (χ0v) is 16.4. The van der Waals surface area contributed by atoms with Crippen LogP contribution in [0.5, 0.6) is 11.6 Å². The zero-order chi connectivity index (χ0) is 21.1. The molecule has 0 fully saturated rings. The fourth-order valence-corrected chi connectivity index (χ4v) is 2.38. The summed E-state index contributed by atoms with van der Waals surface area (Å²) in [4.78, 5) is 8.36. The molecule has 6 nitrogen and oxygen atoms in total. The summed E-state index contributed by atoms with van der Waals surface area (Å²) in [6.45, 7) is 4.64. The summed E-state index contributed by atoms with van der Waals surface area (Å²) in [7, 11) is 0. The molecular formula is C20H25F3N4O2. The predicted octanol–water partition coefficient (Wildman–Crippen LogP) is 3.68. The lowest BCUT2D eigenvalue weighted by molar-refractivity contribution is -0.154. The first kappa shape index (κ1) is 22.3. The van der Waals surface area contributed by atoms with Crippen molar-refractivity contribution in [3.63, 3.8) is 0 Å². The van der Waals surface area contributed by atoms with Gasteiger partial charge in [0.05, 0.1) is 13.2 Å². The number of aliphatic imine (C=N–C) groups is 1. The minimum atomic E-state index is -4.39. The molecule has 1 aromatic heterocycles. The Hall–Kier alpha value is -2.97. The molecule has 0 spiro atoms. The summed E-state index contributed by atoms with van der Waals surface area (Å²) in [5.41, 5.74) is 1.75. The van der Waals surface area contributed by atoms with E-state index in [-0.39, 0.29) is 5.88 Å². The molecule has 0 saturated heterocycles. The van der Waals surface area contributed by atoms with Crippen molar-refractivity contribution >= 4 is 5.96 Å². The smallest absolute Gasteiger partial charge is 0.422 e. The van der Waals surface area contributed by atoms with E-state index < -0.39 is 12.8 Å². The lowest BCUT2D eigenvalue weighted by atomic mass is 10.2. The summed E-state index contributed by atoms with van der Waals surface area (Å²) < 4.78 is 46.7. The van der Waals surface area contributed by atoms with Gasteiger partial charge in [-0.1, -0.05) is 24.3 Å². The van der Waals surface area contributed by atoms with Gasteiger partial charge in [0, 0.05) is 30.9 Å². The van der Waals surface area contributed by atoms with Crippen molar-refractivity contribution in [1.82, 2.24) is 15.6 Å². The third-order valence-corrected chi connectivity index (χ3v) is 3.66. The maximum absolute atomic E-state index is 12.2. The summed E-state index contributed by atoms with van der Waals surface area (Å²) in [6, 6.07) is 10.8. The van der Waals surface area contributed by atoms with Crippen LogP contribution in [0, 0.1) is 0 Å². The van der Waals surface area contributed by atoms with Crippen molar-refractivity contribution < 1.29 is 22.6 Å². The van der Waals surface area contributed by atoms with Gasteiger partial charge in [0.1, 0.15) is 5.75 Å². The van der Waals surface area contributed by atoms with Gasteiger partial charge in [-0.05, 0) is 25.5 Å². The van der Waals surface area contributed by atoms with E-state index in [0.29, 0.717) is 32.2 Å². The number of rotatable bonds is 9. The number of guanidine groups is 1. The first-order valence-corrected chi connectivity index (χ1v) is 9.28. The van der Waals surface area contributed by atoms with Crippen LogP contribution in [-0.4, -0.2) is 36.9 Å². The number of aromatic nitrogens is 1. The second-order valence-corrected chi connectivity index (χ2v) is 6.00.